The minimum atomic E-state index is 0.0198. The van der Waals surface area contributed by atoms with Crippen LogP contribution >= 0.6 is 0 Å². The van der Waals surface area contributed by atoms with Gasteiger partial charge in [0, 0.05) is 55.3 Å². The summed E-state index contributed by atoms with van der Waals surface area (Å²) in [5.41, 5.74) is 3.60. The third kappa shape index (κ3) is 6.91. The van der Waals surface area contributed by atoms with Crippen LogP contribution in [0.4, 0.5) is 0 Å². The van der Waals surface area contributed by atoms with Crippen LogP contribution in [0.15, 0.2) is 60.7 Å². The van der Waals surface area contributed by atoms with E-state index in [0.29, 0.717) is 32.1 Å². The summed E-state index contributed by atoms with van der Waals surface area (Å²) in [4.78, 5) is 23.3. The van der Waals surface area contributed by atoms with Gasteiger partial charge in [-0.25, -0.2) is 0 Å². The Morgan fingerprint density at radius 2 is 1.17 bits per heavy atom. The van der Waals surface area contributed by atoms with Crippen molar-refractivity contribution in [3.63, 3.8) is 0 Å². The molecule has 4 aromatic rings. The summed E-state index contributed by atoms with van der Waals surface area (Å²) in [5.74, 6) is 0.148. The van der Waals surface area contributed by atoms with Gasteiger partial charge in [-0.1, -0.05) is 43.3 Å². The fourth-order valence-electron chi connectivity index (χ4n) is 4.21. The van der Waals surface area contributed by atoms with Crippen molar-refractivity contribution in [1.82, 2.24) is 9.13 Å². The Hall–Kier alpha value is -3.26. The Morgan fingerprint density at radius 3 is 1.58 bits per heavy atom. The number of carbonyl (C=O) groups is 2. The van der Waals surface area contributed by atoms with Gasteiger partial charge in [-0.3, -0.25) is 9.59 Å². The van der Waals surface area contributed by atoms with E-state index < -0.39 is 0 Å². The number of aromatic nitrogens is 2. The number of rotatable bonds is 12. The molecule has 0 spiro atoms. The van der Waals surface area contributed by atoms with Crippen LogP contribution in [0.1, 0.15) is 48.2 Å². The lowest BCUT2D eigenvalue weighted by Crippen LogP contribution is -2.12. The number of ether oxygens (including phenoxy) is 2. The molecule has 7 nitrogen and oxygen atoms in total. The van der Waals surface area contributed by atoms with E-state index in [-0.39, 0.29) is 18.2 Å². The maximum atomic E-state index is 11.7. The van der Waals surface area contributed by atoms with E-state index in [1.54, 1.807) is 13.8 Å². The molecule has 0 atom stereocenters. The Balaban J connectivity index is 0.000000201. The summed E-state index contributed by atoms with van der Waals surface area (Å²) in [6, 6.07) is 19.8. The molecule has 0 aliphatic heterocycles. The lowest BCUT2D eigenvalue weighted by Gasteiger charge is -2.09. The van der Waals surface area contributed by atoms with Gasteiger partial charge in [-0.05, 0) is 30.7 Å². The van der Waals surface area contributed by atoms with Crippen molar-refractivity contribution in [2.24, 2.45) is 0 Å². The standard InChI is InChI=1S/C15H19NO2.C14H17NO3/c1-3-9-18-10-8-16-14-7-5-4-6-13(14)11-15(16)12(2)17;1-11(17)14-10-12-4-2-3-5-13(12)15(14)6-8-18-9-7-16/h4-7,11H,3,8-10H2,1-2H3;2-5,10,16H,6-9H2,1H3. The highest BCUT2D eigenvalue weighted by Gasteiger charge is 2.12. The van der Waals surface area contributed by atoms with Gasteiger partial charge < -0.3 is 23.7 Å². The molecule has 1 N–H and O–H groups in total. The Morgan fingerprint density at radius 1 is 0.722 bits per heavy atom. The molecular formula is C29H36N2O5. The van der Waals surface area contributed by atoms with Crippen LogP contribution in [0.3, 0.4) is 0 Å². The number of ketones is 2. The number of hydrogen-bond acceptors (Lipinski definition) is 5. The first kappa shape index (κ1) is 27.3. The maximum absolute atomic E-state index is 11.7. The van der Waals surface area contributed by atoms with E-state index in [0.717, 1.165) is 47.1 Å². The minimum Gasteiger partial charge on any atom is -0.394 e. The number of aliphatic hydroxyl groups excluding tert-OH is 1. The Bertz CT molecular complexity index is 1190. The van der Waals surface area contributed by atoms with Gasteiger partial charge in [0.2, 0.25) is 0 Å². The van der Waals surface area contributed by atoms with Gasteiger partial charge in [0.05, 0.1) is 37.8 Å². The second-order valence-corrected chi connectivity index (χ2v) is 8.54. The van der Waals surface area contributed by atoms with Gasteiger partial charge in [-0.2, -0.15) is 0 Å². The number of para-hydroxylation sites is 2. The third-order valence-corrected chi connectivity index (χ3v) is 5.85. The number of benzene rings is 2. The fourth-order valence-corrected chi connectivity index (χ4v) is 4.21. The zero-order valence-corrected chi connectivity index (χ0v) is 21.4. The molecule has 0 bridgehead atoms. The molecule has 2 heterocycles. The molecule has 0 saturated carbocycles. The van der Waals surface area contributed by atoms with Crippen molar-refractivity contribution in [1.29, 1.82) is 0 Å². The lowest BCUT2D eigenvalue weighted by atomic mass is 10.2. The summed E-state index contributed by atoms with van der Waals surface area (Å²) < 4.78 is 14.8. The summed E-state index contributed by atoms with van der Waals surface area (Å²) in [6.45, 7) is 8.86. The van der Waals surface area contributed by atoms with Gasteiger partial charge in [0.15, 0.2) is 11.6 Å². The highest BCUT2D eigenvalue weighted by Crippen LogP contribution is 2.21. The van der Waals surface area contributed by atoms with Crippen LogP contribution in [0.25, 0.3) is 21.8 Å². The maximum Gasteiger partial charge on any atom is 0.176 e. The summed E-state index contributed by atoms with van der Waals surface area (Å²) in [7, 11) is 0. The number of carbonyl (C=O) groups excluding carboxylic acids is 2. The molecule has 4 rings (SSSR count). The van der Waals surface area contributed by atoms with E-state index in [1.807, 2.05) is 69.8 Å². The largest absolute Gasteiger partial charge is 0.394 e. The van der Waals surface area contributed by atoms with Crippen molar-refractivity contribution in [3.05, 3.63) is 72.1 Å². The Labute approximate surface area is 212 Å². The average molecular weight is 493 g/mol. The van der Waals surface area contributed by atoms with Crippen molar-refractivity contribution in [2.75, 3.05) is 33.0 Å². The zero-order valence-electron chi connectivity index (χ0n) is 21.4. The average Bonchev–Trinajstić information content (AvgIpc) is 3.44. The normalized spacial score (nSPS) is 11.0. The molecule has 0 amide bonds. The van der Waals surface area contributed by atoms with Crippen LogP contribution < -0.4 is 0 Å². The molecule has 192 valence electrons. The second-order valence-electron chi connectivity index (χ2n) is 8.54. The molecule has 0 unspecified atom stereocenters. The van der Waals surface area contributed by atoms with Crippen LogP contribution in [0, 0.1) is 0 Å². The number of fused-ring (bicyclic) bond motifs is 2. The van der Waals surface area contributed by atoms with Crippen LogP contribution in [0.5, 0.6) is 0 Å². The summed E-state index contributed by atoms with van der Waals surface area (Å²) in [6.07, 6.45) is 1.02. The fraction of sp³-hybridized carbons (Fsp3) is 0.379. The van der Waals surface area contributed by atoms with Crippen LogP contribution in [-0.4, -0.2) is 58.8 Å². The van der Waals surface area contributed by atoms with E-state index in [2.05, 4.69) is 6.92 Å². The lowest BCUT2D eigenvalue weighted by molar-refractivity contribution is 0.0862. The van der Waals surface area contributed by atoms with E-state index in [4.69, 9.17) is 14.6 Å². The highest BCUT2D eigenvalue weighted by molar-refractivity contribution is 5.99. The first-order valence-corrected chi connectivity index (χ1v) is 12.4. The minimum absolute atomic E-state index is 0.0198. The molecular weight excluding hydrogens is 456 g/mol. The number of hydrogen-bond donors (Lipinski definition) is 1. The molecule has 0 saturated heterocycles. The molecule has 0 aliphatic rings. The monoisotopic (exact) mass is 492 g/mol. The molecule has 2 aromatic heterocycles. The van der Waals surface area contributed by atoms with E-state index in [1.165, 1.54) is 0 Å². The number of Topliss-reactive ketones (excluding diaryl/α,β-unsaturated/α-hetero) is 2. The number of aliphatic hydroxyl groups is 1. The summed E-state index contributed by atoms with van der Waals surface area (Å²) >= 11 is 0. The first-order valence-electron chi connectivity index (χ1n) is 12.4. The molecule has 0 radical (unpaired) electrons. The second kappa shape index (κ2) is 13.7. The van der Waals surface area contributed by atoms with Crippen molar-refractivity contribution in [3.8, 4) is 0 Å². The van der Waals surface area contributed by atoms with Gasteiger partial charge in [0.1, 0.15) is 0 Å². The molecule has 36 heavy (non-hydrogen) atoms. The summed E-state index contributed by atoms with van der Waals surface area (Å²) in [5, 5.41) is 10.8. The van der Waals surface area contributed by atoms with Crippen LogP contribution in [0.2, 0.25) is 0 Å². The molecule has 2 aromatic carbocycles. The molecule has 7 heteroatoms. The highest BCUT2D eigenvalue weighted by atomic mass is 16.5. The molecule has 0 fully saturated rings. The predicted molar refractivity (Wildman–Crippen MR) is 143 cm³/mol. The van der Waals surface area contributed by atoms with Gasteiger partial charge in [-0.15, -0.1) is 0 Å². The first-order chi connectivity index (χ1) is 17.5. The Kier molecular flexibility index (Phi) is 10.4. The van der Waals surface area contributed by atoms with Gasteiger partial charge in [0.25, 0.3) is 0 Å². The van der Waals surface area contributed by atoms with Crippen LogP contribution in [-0.2, 0) is 22.6 Å². The van der Waals surface area contributed by atoms with Gasteiger partial charge >= 0.3 is 0 Å². The SMILES string of the molecule is CC(=O)c1cc2ccccc2n1CCOCCO.CCCOCCn1c(C(C)=O)cc2ccccc21. The van der Waals surface area contributed by atoms with E-state index in [9.17, 15) is 9.59 Å². The third-order valence-electron chi connectivity index (χ3n) is 5.85. The smallest absolute Gasteiger partial charge is 0.176 e. The van der Waals surface area contributed by atoms with Crippen molar-refractivity contribution >= 4 is 33.4 Å². The van der Waals surface area contributed by atoms with Crippen molar-refractivity contribution in [2.45, 2.75) is 40.3 Å². The van der Waals surface area contributed by atoms with Crippen molar-refractivity contribution < 1.29 is 24.2 Å². The molecule has 0 aliphatic carbocycles. The zero-order chi connectivity index (χ0) is 25.9. The quantitative estimate of drug-likeness (QED) is 0.219. The topological polar surface area (TPSA) is 82.7 Å². The van der Waals surface area contributed by atoms with E-state index >= 15 is 0 Å². The number of nitrogens with zero attached hydrogens (tertiary/aromatic N) is 2. The predicted octanol–water partition coefficient (Wildman–Crippen LogP) is 5.12.